The number of rotatable bonds is 9. The number of nitrogens with zero attached hydrogens (tertiary/aromatic N) is 3. The molecule has 0 unspecified atom stereocenters. The van der Waals surface area contributed by atoms with Gasteiger partial charge in [-0.1, -0.05) is 19.1 Å². The van der Waals surface area contributed by atoms with Crippen molar-refractivity contribution in [3.63, 3.8) is 0 Å². The van der Waals surface area contributed by atoms with Gasteiger partial charge in [0.05, 0.1) is 4.90 Å². The van der Waals surface area contributed by atoms with Crippen LogP contribution in [0.2, 0.25) is 0 Å². The lowest BCUT2D eigenvalue weighted by atomic mass is 9.99. The van der Waals surface area contributed by atoms with Crippen LogP contribution in [0.4, 0.5) is 0 Å². The SMILES string of the molecule is CN=C(NCCCN1CCC(C)CC1)NCc1ccc(S(=O)(=O)N(C)C(C)C)cc1. The highest BCUT2D eigenvalue weighted by molar-refractivity contribution is 7.89. The molecular formula is C22H39N5O2S. The predicted molar refractivity (Wildman–Crippen MR) is 124 cm³/mol. The third-order valence-electron chi connectivity index (χ3n) is 5.83. The summed E-state index contributed by atoms with van der Waals surface area (Å²) >= 11 is 0. The zero-order valence-corrected chi connectivity index (χ0v) is 20.0. The minimum absolute atomic E-state index is 0.0794. The van der Waals surface area contributed by atoms with Gasteiger partial charge < -0.3 is 15.5 Å². The second kappa shape index (κ2) is 11.7. The van der Waals surface area contributed by atoms with Crippen molar-refractivity contribution in [1.29, 1.82) is 0 Å². The van der Waals surface area contributed by atoms with Gasteiger partial charge in [-0.2, -0.15) is 4.31 Å². The number of aliphatic imine (C=N–C) groups is 1. The van der Waals surface area contributed by atoms with Crippen molar-refractivity contribution in [2.75, 3.05) is 40.3 Å². The first kappa shape index (κ1) is 24.6. The maximum absolute atomic E-state index is 12.6. The molecule has 0 spiro atoms. The monoisotopic (exact) mass is 437 g/mol. The van der Waals surface area contributed by atoms with Crippen LogP contribution < -0.4 is 10.6 Å². The predicted octanol–water partition coefficient (Wildman–Crippen LogP) is 2.50. The molecule has 0 aliphatic carbocycles. The first-order chi connectivity index (χ1) is 14.2. The summed E-state index contributed by atoms with van der Waals surface area (Å²) in [5.41, 5.74) is 1.01. The summed E-state index contributed by atoms with van der Waals surface area (Å²) < 4.78 is 26.5. The van der Waals surface area contributed by atoms with E-state index in [1.165, 1.54) is 30.2 Å². The largest absolute Gasteiger partial charge is 0.356 e. The number of hydrogen-bond donors (Lipinski definition) is 2. The number of nitrogens with one attached hydrogen (secondary N) is 2. The van der Waals surface area contributed by atoms with Gasteiger partial charge in [-0.3, -0.25) is 4.99 Å². The molecule has 0 radical (unpaired) electrons. The maximum Gasteiger partial charge on any atom is 0.243 e. The fourth-order valence-corrected chi connectivity index (χ4v) is 4.79. The second-order valence-electron chi connectivity index (χ2n) is 8.49. The lowest BCUT2D eigenvalue weighted by Crippen LogP contribution is -2.39. The van der Waals surface area contributed by atoms with Gasteiger partial charge in [0.25, 0.3) is 0 Å². The van der Waals surface area contributed by atoms with Crippen molar-refractivity contribution in [3.8, 4) is 0 Å². The Morgan fingerprint density at radius 1 is 1.20 bits per heavy atom. The summed E-state index contributed by atoms with van der Waals surface area (Å²) in [6, 6.07) is 6.95. The minimum atomic E-state index is -3.45. The first-order valence-corrected chi connectivity index (χ1v) is 12.4. The van der Waals surface area contributed by atoms with E-state index in [9.17, 15) is 8.42 Å². The maximum atomic E-state index is 12.6. The quantitative estimate of drug-likeness (QED) is 0.353. The molecule has 30 heavy (non-hydrogen) atoms. The van der Waals surface area contributed by atoms with E-state index >= 15 is 0 Å². The Morgan fingerprint density at radius 3 is 2.40 bits per heavy atom. The van der Waals surface area contributed by atoms with Crippen LogP contribution in [-0.2, 0) is 16.6 Å². The lowest BCUT2D eigenvalue weighted by Gasteiger charge is -2.30. The zero-order chi connectivity index (χ0) is 22.1. The highest BCUT2D eigenvalue weighted by Crippen LogP contribution is 2.17. The van der Waals surface area contributed by atoms with Crippen LogP contribution in [0.3, 0.4) is 0 Å². The third kappa shape index (κ3) is 7.25. The molecule has 1 heterocycles. The van der Waals surface area contributed by atoms with E-state index in [-0.39, 0.29) is 6.04 Å². The first-order valence-electron chi connectivity index (χ1n) is 11.0. The van der Waals surface area contributed by atoms with Crippen molar-refractivity contribution >= 4 is 16.0 Å². The van der Waals surface area contributed by atoms with E-state index < -0.39 is 10.0 Å². The summed E-state index contributed by atoms with van der Waals surface area (Å²) in [6.45, 7) is 11.1. The van der Waals surface area contributed by atoms with E-state index in [0.717, 1.165) is 37.0 Å². The van der Waals surface area contributed by atoms with E-state index in [2.05, 4.69) is 27.4 Å². The number of benzene rings is 1. The molecule has 0 amide bonds. The van der Waals surface area contributed by atoms with Crippen molar-refractivity contribution in [3.05, 3.63) is 29.8 Å². The molecular weight excluding hydrogens is 398 g/mol. The smallest absolute Gasteiger partial charge is 0.243 e. The van der Waals surface area contributed by atoms with Crippen molar-refractivity contribution < 1.29 is 8.42 Å². The topological polar surface area (TPSA) is 77.0 Å². The Hall–Kier alpha value is -1.64. The standard InChI is InChI=1S/C22H39N5O2S/c1-18(2)26(5)30(28,29)21-9-7-20(8-10-21)17-25-22(23-4)24-13-6-14-27-15-11-19(3)12-16-27/h7-10,18-19H,6,11-17H2,1-5H3,(H2,23,24,25). The van der Waals surface area contributed by atoms with Gasteiger partial charge in [0, 0.05) is 33.2 Å². The highest BCUT2D eigenvalue weighted by Gasteiger charge is 2.22. The number of guanidine groups is 1. The third-order valence-corrected chi connectivity index (χ3v) is 7.88. The molecule has 7 nitrogen and oxygen atoms in total. The Kier molecular flexibility index (Phi) is 9.58. The van der Waals surface area contributed by atoms with Crippen molar-refractivity contribution in [2.24, 2.45) is 10.9 Å². The molecule has 2 rings (SSSR count). The molecule has 1 aliphatic heterocycles. The van der Waals surface area contributed by atoms with Gasteiger partial charge >= 0.3 is 0 Å². The Labute approximate surface area is 183 Å². The summed E-state index contributed by atoms with van der Waals surface area (Å²) in [6.07, 6.45) is 3.71. The summed E-state index contributed by atoms with van der Waals surface area (Å²) in [5, 5.41) is 6.66. The Morgan fingerprint density at radius 2 is 1.83 bits per heavy atom. The van der Waals surface area contributed by atoms with Crippen LogP contribution in [0.5, 0.6) is 0 Å². The average molecular weight is 438 g/mol. The fraction of sp³-hybridized carbons (Fsp3) is 0.682. The molecule has 1 aromatic carbocycles. The van der Waals surface area contributed by atoms with Crippen LogP contribution >= 0.6 is 0 Å². The van der Waals surface area contributed by atoms with E-state index in [1.54, 1.807) is 26.2 Å². The molecule has 170 valence electrons. The Balaban J connectivity index is 1.75. The normalized spacial score (nSPS) is 17.0. The van der Waals surface area contributed by atoms with Gasteiger partial charge in [-0.05, 0) is 76.4 Å². The van der Waals surface area contributed by atoms with Crippen molar-refractivity contribution in [2.45, 2.75) is 57.5 Å². The molecule has 0 aromatic heterocycles. The number of piperidine rings is 1. The van der Waals surface area contributed by atoms with Crippen LogP contribution in [-0.4, -0.2) is 69.9 Å². The highest BCUT2D eigenvalue weighted by atomic mass is 32.2. The molecule has 1 saturated heterocycles. The fourth-order valence-electron chi connectivity index (χ4n) is 3.42. The van der Waals surface area contributed by atoms with E-state index in [4.69, 9.17) is 0 Å². The van der Waals surface area contributed by atoms with Gasteiger partial charge in [0.1, 0.15) is 0 Å². The number of likely N-dealkylation sites (tertiary alicyclic amines) is 1. The van der Waals surface area contributed by atoms with Crippen molar-refractivity contribution in [1.82, 2.24) is 19.8 Å². The lowest BCUT2D eigenvalue weighted by molar-refractivity contribution is 0.191. The van der Waals surface area contributed by atoms with Gasteiger partial charge in [0.2, 0.25) is 10.0 Å². The average Bonchev–Trinajstić information content (AvgIpc) is 2.74. The molecule has 1 aromatic rings. The van der Waals surface area contributed by atoms with Crippen LogP contribution in [0.15, 0.2) is 34.2 Å². The second-order valence-corrected chi connectivity index (χ2v) is 10.5. The van der Waals surface area contributed by atoms with Gasteiger partial charge in [-0.25, -0.2) is 8.42 Å². The molecule has 1 aliphatic rings. The zero-order valence-electron chi connectivity index (χ0n) is 19.2. The number of hydrogen-bond acceptors (Lipinski definition) is 4. The summed E-state index contributed by atoms with van der Waals surface area (Å²) in [4.78, 5) is 7.14. The van der Waals surface area contributed by atoms with E-state index in [0.29, 0.717) is 11.4 Å². The van der Waals surface area contributed by atoms with Gasteiger partial charge in [-0.15, -0.1) is 0 Å². The summed E-state index contributed by atoms with van der Waals surface area (Å²) in [7, 11) is -0.0748. The van der Waals surface area contributed by atoms with E-state index in [1.807, 2.05) is 26.0 Å². The molecule has 1 fully saturated rings. The van der Waals surface area contributed by atoms with Gasteiger partial charge in [0.15, 0.2) is 5.96 Å². The molecule has 0 saturated carbocycles. The number of sulfonamides is 1. The molecule has 0 bridgehead atoms. The molecule has 2 N–H and O–H groups in total. The minimum Gasteiger partial charge on any atom is -0.356 e. The summed E-state index contributed by atoms with van der Waals surface area (Å²) in [5.74, 6) is 1.63. The van der Waals surface area contributed by atoms with Crippen LogP contribution in [0, 0.1) is 5.92 Å². The Bertz CT molecular complexity index is 769. The van der Waals surface area contributed by atoms with Crippen LogP contribution in [0.1, 0.15) is 45.6 Å². The van der Waals surface area contributed by atoms with Crippen LogP contribution in [0.25, 0.3) is 0 Å². The molecule has 8 heteroatoms. The molecule has 0 atom stereocenters.